The summed E-state index contributed by atoms with van der Waals surface area (Å²) in [6.45, 7) is 6.36. The van der Waals surface area contributed by atoms with E-state index >= 15 is 0 Å². The molecule has 8 heteroatoms. The number of rotatable bonds is 5. The molecule has 8 nitrogen and oxygen atoms in total. The van der Waals surface area contributed by atoms with Gasteiger partial charge in [-0.25, -0.2) is 0 Å². The highest BCUT2D eigenvalue weighted by molar-refractivity contribution is 6.03. The molecule has 2 fully saturated rings. The summed E-state index contributed by atoms with van der Waals surface area (Å²) in [7, 11) is 0. The minimum Gasteiger partial charge on any atom is -0.390 e. The van der Waals surface area contributed by atoms with E-state index in [1.54, 1.807) is 17.0 Å². The Hall–Kier alpha value is -3.41. The molecule has 40 heavy (non-hydrogen) atoms. The third kappa shape index (κ3) is 4.97. The molecule has 2 amide bonds. The average molecular weight is 542 g/mol. The van der Waals surface area contributed by atoms with Gasteiger partial charge in [0.05, 0.1) is 23.4 Å². The topological polar surface area (TPSA) is 99.9 Å². The van der Waals surface area contributed by atoms with E-state index in [0.29, 0.717) is 30.8 Å². The van der Waals surface area contributed by atoms with Crippen molar-refractivity contribution in [2.24, 2.45) is 11.3 Å². The lowest BCUT2D eigenvalue weighted by atomic mass is 9.58. The van der Waals surface area contributed by atoms with Crippen LogP contribution in [-0.2, 0) is 13.0 Å². The van der Waals surface area contributed by atoms with Gasteiger partial charge in [-0.15, -0.1) is 0 Å². The number of β-amino-alcohol motifs (C(OH)–C–C–N with tert-alkyl or cyclic N) is 1. The standard InChI is InChI=1S/C32H39N5O3/c1-2-35-13-14-37(21-29(38)27-15-23-5-3-4-6-25(23)20-34-27)31(40)26-8-7-24(16-28(26)35)30(39)36-11-9-32(10-12-36)17-22(18-32)19-33/h3-8,16,22,27,29,34,38H,2,9-15,17-18,20-21H2,1H3/t27-,29?/m0/s1. The number of carbonyl (C=O) groups excluding carboxylic acids is 2. The minimum atomic E-state index is -0.684. The van der Waals surface area contributed by atoms with Gasteiger partial charge in [-0.2, -0.15) is 5.26 Å². The molecule has 1 saturated carbocycles. The number of benzene rings is 2. The fraction of sp³-hybridized carbons (Fsp3) is 0.531. The van der Waals surface area contributed by atoms with Crippen LogP contribution in [0.15, 0.2) is 42.5 Å². The number of piperidine rings is 1. The molecule has 2 N–H and O–H groups in total. The Balaban J connectivity index is 1.14. The molecule has 3 heterocycles. The quantitative estimate of drug-likeness (QED) is 0.603. The molecule has 1 unspecified atom stereocenters. The Morgan fingerprint density at radius 3 is 2.55 bits per heavy atom. The lowest BCUT2D eigenvalue weighted by Crippen LogP contribution is -2.50. The summed E-state index contributed by atoms with van der Waals surface area (Å²) < 4.78 is 0. The molecule has 2 aromatic rings. The van der Waals surface area contributed by atoms with Crippen molar-refractivity contribution >= 4 is 17.5 Å². The SMILES string of the molecule is CCN1CCN(CC(O)[C@@H]2Cc3ccccc3CN2)C(=O)c2ccc(C(=O)N3CCC4(CC3)CC(C#N)C4)cc21. The second-order valence-corrected chi connectivity index (χ2v) is 12.1. The van der Waals surface area contributed by atoms with Crippen LogP contribution in [0.25, 0.3) is 0 Å². The minimum absolute atomic E-state index is 0.0116. The Labute approximate surface area is 236 Å². The Bertz CT molecular complexity index is 1320. The molecule has 1 spiro atoms. The summed E-state index contributed by atoms with van der Waals surface area (Å²) in [5, 5.41) is 23.7. The van der Waals surface area contributed by atoms with Crippen LogP contribution < -0.4 is 10.2 Å². The van der Waals surface area contributed by atoms with Crippen LogP contribution in [0, 0.1) is 22.7 Å². The monoisotopic (exact) mass is 541 g/mol. The van der Waals surface area contributed by atoms with E-state index in [1.165, 1.54) is 11.1 Å². The van der Waals surface area contributed by atoms with Crippen molar-refractivity contribution in [3.63, 3.8) is 0 Å². The summed E-state index contributed by atoms with van der Waals surface area (Å²) in [5.74, 6) is 0.0929. The second kappa shape index (κ2) is 10.9. The van der Waals surface area contributed by atoms with Crippen LogP contribution in [0.3, 0.4) is 0 Å². The molecule has 6 rings (SSSR count). The number of likely N-dealkylation sites (tertiary alicyclic amines) is 1. The maximum Gasteiger partial charge on any atom is 0.256 e. The molecule has 2 aromatic carbocycles. The van der Waals surface area contributed by atoms with Crippen molar-refractivity contribution < 1.29 is 14.7 Å². The molecule has 0 bridgehead atoms. The number of hydrogen-bond acceptors (Lipinski definition) is 6. The third-order valence-electron chi connectivity index (χ3n) is 9.76. The van der Waals surface area contributed by atoms with Crippen molar-refractivity contribution in [2.45, 2.75) is 57.7 Å². The number of hydrogen-bond donors (Lipinski definition) is 2. The van der Waals surface area contributed by atoms with Crippen LogP contribution in [0.1, 0.15) is 64.4 Å². The summed E-state index contributed by atoms with van der Waals surface area (Å²) in [6, 6.07) is 16.0. The number of likely N-dealkylation sites (N-methyl/N-ethyl adjacent to an activating group) is 1. The zero-order valence-electron chi connectivity index (χ0n) is 23.3. The van der Waals surface area contributed by atoms with Gasteiger partial charge in [-0.05, 0) is 73.8 Å². The molecule has 3 aliphatic heterocycles. The molecule has 1 aliphatic carbocycles. The van der Waals surface area contributed by atoms with Crippen molar-refractivity contribution in [1.82, 2.24) is 15.1 Å². The first kappa shape index (κ1) is 26.8. The Kier molecular flexibility index (Phi) is 7.28. The largest absolute Gasteiger partial charge is 0.390 e. The van der Waals surface area contributed by atoms with Crippen LogP contribution in [0.2, 0.25) is 0 Å². The summed E-state index contributed by atoms with van der Waals surface area (Å²) in [6.07, 6.45) is 3.90. The summed E-state index contributed by atoms with van der Waals surface area (Å²) in [4.78, 5) is 33.0. The van der Waals surface area contributed by atoms with Crippen LogP contribution in [-0.4, -0.2) is 78.1 Å². The van der Waals surface area contributed by atoms with Gasteiger partial charge in [0.2, 0.25) is 0 Å². The number of aliphatic hydroxyl groups excluding tert-OH is 1. The average Bonchev–Trinajstić information content (AvgIpc) is 3.10. The van der Waals surface area contributed by atoms with E-state index in [4.69, 9.17) is 5.26 Å². The number of anilines is 1. The van der Waals surface area contributed by atoms with E-state index < -0.39 is 6.10 Å². The van der Waals surface area contributed by atoms with E-state index in [9.17, 15) is 14.7 Å². The predicted octanol–water partition coefficient (Wildman–Crippen LogP) is 3.20. The van der Waals surface area contributed by atoms with Gasteiger partial charge >= 0.3 is 0 Å². The zero-order valence-corrected chi connectivity index (χ0v) is 23.3. The van der Waals surface area contributed by atoms with E-state index in [1.807, 2.05) is 23.1 Å². The van der Waals surface area contributed by atoms with E-state index in [0.717, 1.165) is 57.4 Å². The number of carbonyl (C=O) groups is 2. The van der Waals surface area contributed by atoms with Gasteiger partial charge in [0, 0.05) is 63.3 Å². The first-order valence-corrected chi connectivity index (χ1v) is 14.7. The number of amides is 2. The van der Waals surface area contributed by atoms with Crippen molar-refractivity contribution in [1.29, 1.82) is 5.26 Å². The molecule has 1 saturated heterocycles. The smallest absolute Gasteiger partial charge is 0.256 e. The van der Waals surface area contributed by atoms with Crippen LogP contribution >= 0.6 is 0 Å². The molecule has 4 aliphatic rings. The third-order valence-corrected chi connectivity index (χ3v) is 9.76. The molecule has 2 atom stereocenters. The van der Waals surface area contributed by atoms with Crippen LogP contribution in [0.5, 0.6) is 0 Å². The number of aliphatic hydroxyl groups is 1. The molecular weight excluding hydrogens is 502 g/mol. The van der Waals surface area contributed by atoms with Crippen LogP contribution in [0.4, 0.5) is 5.69 Å². The highest BCUT2D eigenvalue weighted by Crippen LogP contribution is 2.52. The van der Waals surface area contributed by atoms with Crippen molar-refractivity contribution in [3.05, 3.63) is 64.7 Å². The zero-order chi connectivity index (χ0) is 27.9. The van der Waals surface area contributed by atoms with Crippen molar-refractivity contribution in [3.8, 4) is 6.07 Å². The second-order valence-electron chi connectivity index (χ2n) is 12.1. The predicted molar refractivity (Wildman–Crippen MR) is 153 cm³/mol. The maximum absolute atomic E-state index is 13.7. The molecule has 0 aromatic heterocycles. The first-order chi connectivity index (χ1) is 19.4. The molecule has 0 radical (unpaired) electrons. The van der Waals surface area contributed by atoms with Gasteiger partial charge in [0.15, 0.2) is 0 Å². The lowest BCUT2D eigenvalue weighted by Gasteiger charge is -2.50. The number of nitrogens with one attached hydrogen (secondary N) is 1. The van der Waals surface area contributed by atoms with Crippen molar-refractivity contribution in [2.75, 3.05) is 44.2 Å². The molecule has 210 valence electrons. The van der Waals surface area contributed by atoms with Gasteiger partial charge in [0.1, 0.15) is 0 Å². The van der Waals surface area contributed by atoms with Gasteiger partial charge in [0.25, 0.3) is 11.8 Å². The lowest BCUT2D eigenvalue weighted by molar-refractivity contribution is 0.00874. The first-order valence-electron chi connectivity index (χ1n) is 14.7. The Morgan fingerprint density at radius 1 is 1.10 bits per heavy atom. The summed E-state index contributed by atoms with van der Waals surface area (Å²) in [5.41, 5.74) is 4.75. The fourth-order valence-electron chi connectivity index (χ4n) is 7.20. The van der Waals surface area contributed by atoms with Gasteiger partial charge in [-0.3, -0.25) is 9.59 Å². The normalized spacial score (nSPS) is 23.1. The highest BCUT2D eigenvalue weighted by Gasteiger charge is 2.46. The highest BCUT2D eigenvalue weighted by atomic mass is 16.3. The molecular formula is C32H39N5O3. The van der Waals surface area contributed by atoms with E-state index in [-0.39, 0.29) is 35.7 Å². The van der Waals surface area contributed by atoms with E-state index in [2.05, 4.69) is 35.3 Å². The van der Waals surface area contributed by atoms with Gasteiger partial charge < -0.3 is 25.1 Å². The summed E-state index contributed by atoms with van der Waals surface area (Å²) >= 11 is 0. The number of fused-ring (bicyclic) bond motifs is 2. The maximum atomic E-state index is 13.7. The van der Waals surface area contributed by atoms with Gasteiger partial charge in [-0.1, -0.05) is 24.3 Å². The Morgan fingerprint density at radius 2 is 1.82 bits per heavy atom. The number of nitrogens with zero attached hydrogens (tertiary/aromatic N) is 4. The fourth-order valence-corrected chi connectivity index (χ4v) is 7.20. The number of nitriles is 1.